The van der Waals surface area contributed by atoms with Crippen LogP contribution in [-0.4, -0.2) is 19.9 Å². The number of furan rings is 2. The second-order valence-electron chi connectivity index (χ2n) is 11.9. The van der Waals surface area contributed by atoms with Crippen molar-refractivity contribution in [3.8, 4) is 45.3 Å². The summed E-state index contributed by atoms with van der Waals surface area (Å²) in [7, 11) is 0. The summed E-state index contributed by atoms with van der Waals surface area (Å²) in [5, 5.41) is 5.25. The molecule has 0 N–H and O–H groups in total. The number of rotatable bonds is 4. The topological polar surface area (TPSA) is 77.8 Å². The lowest BCUT2D eigenvalue weighted by atomic mass is 9.98. The number of benzene rings is 6. The molecule has 10 aromatic rings. The largest absolute Gasteiger partial charge is 0.456 e. The standard InChI is InChI=1S/C42H24N4O2/c1-2-9-26(10-3-1)40-44-41(46-42(45-40)31-14-7-17-36-39(31)30-12-4-5-15-34(30)47-36)27-20-18-25(19-21-27)29-13-6-16-35-38(29)32-23-28-11-8-22-43-33(28)24-37(32)48-35/h1-24H. The molecule has 0 radical (unpaired) electrons. The highest BCUT2D eigenvalue weighted by Crippen LogP contribution is 2.39. The number of hydrogen-bond donors (Lipinski definition) is 0. The number of pyridine rings is 1. The van der Waals surface area contributed by atoms with Crippen LogP contribution in [0.5, 0.6) is 0 Å². The normalized spacial score (nSPS) is 11.8. The van der Waals surface area contributed by atoms with E-state index < -0.39 is 0 Å². The molecule has 48 heavy (non-hydrogen) atoms. The molecule has 224 valence electrons. The average Bonchev–Trinajstić information content (AvgIpc) is 3.72. The van der Waals surface area contributed by atoms with E-state index in [-0.39, 0.29) is 0 Å². The number of fused-ring (bicyclic) bond motifs is 7. The summed E-state index contributed by atoms with van der Waals surface area (Å²) in [5.41, 5.74) is 9.10. The van der Waals surface area contributed by atoms with Crippen molar-refractivity contribution in [3.05, 3.63) is 146 Å². The Balaban J connectivity index is 1.13. The number of aromatic nitrogens is 4. The van der Waals surface area contributed by atoms with Gasteiger partial charge in [0.05, 0.1) is 5.52 Å². The van der Waals surface area contributed by atoms with Gasteiger partial charge in [-0.2, -0.15) is 0 Å². The minimum Gasteiger partial charge on any atom is -0.456 e. The molecule has 6 heteroatoms. The lowest BCUT2D eigenvalue weighted by molar-refractivity contribution is 0.668. The first-order chi connectivity index (χ1) is 23.8. The summed E-state index contributed by atoms with van der Waals surface area (Å²) >= 11 is 0. The van der Waals surface area contributed by atoms with Gasteiger partial charge in [0, 0.05) is 55.9 Å². The van der Waals surface area contributed by atoms with Gasteiger partial charge in [-0.15, -0.1) is 0 Å². The minimum atomic E-state index is 0.594. The highest BCUT2D eigenvalue weighted by atomic mass is 16.3. The van der Waals surface area contributed by atoms with Gasteiger partial charge in [0.25, 0.3) is 0 Å². The Morgan fingerprint density at radius 1 is 0.396 bits per heavy atom. The summed E-state index contributed by atoms with van der Waals surface area (Å²) in [6.45, 7) is 0. The van der Waals surface area contributed by atoms with Crippen LogP contribution in [0.3, 0.4) is 0 Å². The molecule has 4 heterocycles. The SMILES string of the molecule is c1ccc(-c2nc(-c3ccc(-c4cccc5oc6cc7ncccc7cc6c45)cc3)nc(-c3cccc4oc5ccccc5c34)n2)cc1. The minimum absolute atomic E-state index is 0.594. The third-order valence-corrected chi connectivity index (χ3v) is 8.98. The molecule has 6 aromatic carbocycles. The van der Waals surface area contributed by atoms with Crippen LogP contribution in [0.1, 0.15) is 0 Å². The maximum Gasteiger partial charge on any atom is 0.164 e. The van der Waals surface area contributed by atoms with Gasteiger partial charge in [-0.25, -0.2) is 15.0 Å². The molecule has 0 saturated heterocycles. The van der Waals surface area contributed by atoms with Gasteiger partial charge in [-0.3, -0.25) is 4.98 Å². The predicted octanol–water partition coefficient (Wildman–Crippen LogP) is 10.9. The van der Waals surface area contributed by atoms with Crippen molar-refractivity contribution in [2.24, 2.45) is 0 Å². The molecule has 0 atom stereocenters. The fourth-order valence-electron chi connectivity index (χ4n) is 6.74. The van der Waals surface area contributed by atoms with E-state index in [4.69, 9.17) is 23.8 Å². The molecule has 6 nitrogen and oxygen atoms in total. The van der Waals surface area contributed by atoms with Crippen LogP contribution >= 0.6 is 0 Å². The Hall–Kier alpha value is -6.66. The van der Waals surface area contributed by atoms with Crippen LogP contribution in [0.15, 0.2) is 155 Å². The first-order valence-electron chi connectivity index (χ1n) is 15.8. The summed E-state index contributed by atoms with van der Waals surface area (Å²) in [5.74, 6) is 1.80. The molecule has 0 bridgehead atoms. The first-order valence-corrected chi connectivity index (χ1v) is 15.8. The molecule has 0 fully saturated rings. The predicted molar refractivity (Wildman–Crippen MR) is 191 cm³/mol. The van der Waals surface area contributed by atoms with Crippen LogP contribution < -0.4 is 0 Å². The Morgan fingerprint density at radius 2 is 1.02 bits per heavy atom. The van der Waals surface area contributed by atoms with Crippen LogP contribution in [0, 0.1) is 0 Å². The molecule has 0 amide bonds. The molecule has 0 aliphatic heterocycles. The van der Waals surface area contributed by atoms with E-state index in [1.54, 1.807) is 0 Å². The Bertz CT molecular complexity index is 2840. The molecular weight excluding hydrogens is 592 g/mol. The van der Waals surface area contributed by atoms with Gasteiger partial charge in [-0.1, -0.05) is 103 Å². The zero-order valence-electron chi connectivity index (χ0n) is 25.5. The van der Waals surface area contributed by atoms with E-state index in [0.717, 1.165) is 82.6 Å². The third kappa shape index (κ3) is 4.20. The summed E-state index contributed by atoms with van der Waals surface area (Å²) in [6.07, 6.45) is 1.81. The maximum absolute atomic E-state index is 6.30. The highest BCUT2D eigenvalue weighted by molar-refractivity contribution is 6.15. The average molecular weight is 617 g/mol. The van der Waals surface area contributed by atoms with Gasteiger partial charge in [0.1, 0.15) is 22.3 Å². The molecule has 0 aliphatic rings. The maximum atomic E-state index is 6.30. The van der Waals surface area contributed by atoms with Crippen molar-refractivity contribution in [1.82, 2.24) is 19.9 Å². The van der Waals surface area contributed by atoms with E-state index in [0.29, 0.717) is 17.5 Å². The van der Waals surface area contributed by atoms with Crippen molar-refractivity contribution in [1.29, 1.82) is 0 Å². The van der Waals surface area contributed by atoms with Gasteiger partial charge in [0.2, 0.25) is 0 Å². The summed E-state index contributed by atoms with van der Waals surface area (Å²) in [6, 6.07) is 47.0. The lowest BCUT2D eigenvalue weighted by Crippen LogP contribution is -2.00. The number of hydrogen-bond acceptors (Lipinski definition) is 6. The highest BCUT2D eigenvalue weighted by Gasteiger charge is 2.18. The van der Waals surface area contributed by atoms with Crippen molar-refractivity contribution in [2.45, 2.75) is 0 Å². The smallest absolute Gasteiger partial charge is 0.164 e. The second-order valence-corrected chi connectivity index (χ2v) is 11.9. The fraction of sp³-hybridized carbons (Fsp3) is 0. The number of para-hydroxylation sites is 1. The molecule has 4 aromatic heterocycles. The van der Waals surface area contributed by atoms with Gasteiger partial charge in [0.15, 0.2) is 17.5 Å². The molecule has 0 saturated carbocycles. The zero-order chi connectivity index (χ0) is 31.6. The van der Waals surface area contributed by atoms with E-state index in [1.807, 2.05) is 91.1 Å². The Morgan fingerprint density at radius 3 is 1.83 bits per heavy atom. The van der Waals surface area contributed by atoms with Crippen molar-refractivity contribution < 1.29 is 8.83 Å². The Labute approximate surface area is 274 Å². The van der Waals surface area contributed by atoms with E-state index in [2.05, 4.69) is 59.6 Å². The van der Waals surface area contributed by atoms with Crippen LogP contribution in [0.4, 0.5) is 0 Å². The van der Waals surface area contributed by atoms with E-state index in [1.165, 1.54) is 0 Å². The quantitative estimate of drug-likeness (QED) is 0.196. The lowest BCUT2D eigenvalue weighted by Gasteiger charge is -2.10. The van der Waals surface area contributed by atoms with Gasteiger partial charge < -0.3 is 8.83 Å². The van der Waals surface area contributed by atoms with Crippen LogP contribution in [-0.2, 0) is 0 Å². The molecule has 0 unspecified atom stereocenters. The fourth-order valence-corrected chi connectivity index (χ4v) is 6.74. The van der Waals surface area contributed by atoms with Gasteiger partial charge >= 0.3 is 0 Å². The first kappa shape index (κ1) is 26.5. The molecule has 0 spiro atoms. The van der Waals surface area contributed by atoms with Gasteiger partial charge in [-0.05, 0) is 41.5 Å². The zero-order valence-corrected chi connectivity index (χ0v) is 25.5. The summed E-state index contributed by atoms with van der Waals surface area (Å²) in [4.78, 5) is 19.6. The third-order valence-electron chi connectivity index (χ3n) is 8.98. The van der Waals surface area contributed by atoms with E-state index in [9.17, 15) is 0 Å². The summed E-state index contributed by atoms with van der Waals surface area (Å²) < 4.78 is 12.5. The van der Waals surface area contributed by atoms with E-state index >= 15 is 0 Å². The van der Waals surface area contributed by atoms with Crippen molar-refractivity contribution in [2.75, 3.05) is 0 Å². The molecular formula is C42H24N4O2. The Kier molecular flexibility index (Phi) is 5.77. The second kappa shape index (κ2) is 10.4. The molecule has 10 rings (SSSR count). The van der Waals surface area contributed by atoms with Crippen LogP contribution in [0.25, 0.3) is 100 Å². The monoisotopic (exact) mass is 616 g/mol. The van der Waals surface area contributed by atoms with Crippen molar-refractivity contribution in [3.63, 3.8) is 0 Å². The van der Waals surface area contributed by atoms with Crippen molar-refractivity contribution >= 4 is 54.8 Å². The molecule has 0 aliphatic carbocycles. The van der Waals surface area contributed by atoms with Crippen LogP contribution in [0.2, 0.25) is 0 Å². The number of nitrogens with zero attached hydrogens (tertiary/aromatic N) is 4.